The Labute approximate surface area is 155 Å². The normalized spacial score (nSPS) is 10.7. The minimum absolute atomic E-state index is 0.0863. The minimum atomic E-state index is -0.949. The highest BCUT2D eigenvalue weighted by Gasteiger charge is 2.11. The lowest BCUT2D eigenvalue weighted by molar-refractivity contribution is -0.113. The number of thiazole rings is 1. The number of anilines is 2. The van der Waals surface area contributed by atoms with E-state index >= 15 is 0 Å². The predicted octanol–water partition coefficient (Wildman–Crippen LogP) is 3.50. The summed E-state index contributed by atoms with van der Waals surface area (Å²) in [5.41, 5.74) is 7.24. The number of benzene rings is 1. The number of hydrogen-bond acceptors (Lipinski definition) is 7. The van der Waals surface area contributed by atoms with Crippen molar-refractivity contribution in [1.29, 1.82) is 0 Å². The number of hydrogen-bond donors (Lipinski definition) is 2. The molecule has 0 fully saturated rings. The van der Waals surface area contributed by atoms with E-state index in [9.17, 15) is 13.6 Å². The SMILES string of the molecule is Cc1cc(N)nc(SCC(=O)Nc2nc(-c3ccc(F)c(F)c3)cs2)n1. The highest BCUT2D eigenvalue weighted by atomic mass is 32.2. The molecule has 26 heavy (non-hydrogen) atoms. The second kappa shape index (κ2) is 7.75. The molecule has 0 aliphatic carbocycles. The van der Waals surface area contributed by atoms with Crippen LogP contribution in [0.5, 0.6) is 0 Å². The molecule has 0 saturated heterocycles. The Kier molecular flexibility index (Phi) is 5.43. The van der Waals surface area contributed by atoms with Gasteiger partial charge in [-0.15, -0.1) is 11.3 Å². The van der Waals surface area contributed by atoms with Crippen molar-refractivity contribution < 1.29 is 13.6 Å². The zero-order valence-corrected chi connectivity index (χ0v) is 15.1. The van der Waals surface area contributed by atoms with E-state index in [-0.39, 0.29) is 11.7 Å². The number of carbonyl (C=O) groups is 1. The molecular formula is C16H13F2N5OS2. The van der Waals surface area contributed by atoms with Crippen LogP contribution in [-0.4, -0.2) is 26.6 Å². The van der Waals surface area contributed by atoms with Crippen molar-refractivity contribution in [3.8, 4) is 11.3 Å². The fourth-order valence-electron chi connectivity index (χ4n) is 2.03. The van der Waals surface area contributed by atoms with E-state index in [1.807, 2.05) is 0 Å². The van der Waals surface area contributed by atoms with Gasteiger partial charge in [0.15, 0.2) is 21.9 Å². The van der Waals surface area contributed by atoms with Crippen molar-refractivity contribution in [2.24, 2.45) is 0 Å². The molecule has 134 valence electrons. The third-order valence-corrected chi connectivity index (χ3v) is 4.76. The maximum absolute atomic E-state index is 13.3. The van der Waals surface area contributed by atoms with Crippen LogP contribution in [0.2, 0.25) is 0 Å². The van der Waals surface area contributed by atoms with E-state index in [0.29, 0.717) is 27.4 Å². The molecule has 0 spiro atoms. The Bertz CT molecular complexity index is 943. The summed E-state index contributed by atoms with van der Waals surface area (Å²) >= 11 is 2.34. The Hall–Kier alpha value is -2.59. The first-order valence-electron chi connectivity index (χ1n) is 7.35. The summed E-state index contributed by atoms with van der Waals surface area (Å²) in [5, 5.41) is 5.08. The monoisotopic (exact) mass is 393 g/mol. The Morgan fingerprint density at radius 3 is 2.77 bits per heavy atom. The van der Waals surface area contributed by atoms with E-state index in [0.717, 1.165) is 29.6 Å². The van der Waals surface area contributed by atoms with E-state index in [1.165, 1.54) is 17.4 Å². The lowest BCUT2D eigenvalue weighted by Gasteiger charge is -2.03. The third kappa shape index (κ3) is 4.52. The van der Waals surface area contributed by atoms with E-state index in [2.05, 4.69) is 20.3 Å². The number of nitrogens with two attached hydrogens (primary N) is 1. The summed E-state index contributed by atoms with van der Waals surface area (Å²) in [6.45, 7) is 1.79. The quantitative estimate of drug-likeness (QED) is 0.509. The first-order chi connectivity index (χ1) is 12.4. The molecule has 0 unspecified atom stereocenters. The van der Waals surface area contributed by atoms with Crippen LogP contribution in [0.1, 0.15) is 5.69 Å². The second-order valence-electron chi connectivity index (χ2n) is 5.22. The molecule has 6 nitrogen and oxygen atoms in total. The molecule has 0 atom stereocenters. The number of amides is 1. The van der Waals surface area contributed by atoms with Gasteiger partial charge in [0.05, 0.1) is 11.4 Å². The molecule has 2 aromatic heterocycles. The molecule has 0 bridgehead atoms. The van der Waals surface area contributed by atoms with Gasteiger partial charge in [0.25, 0.3) is 0 Å². The Balaban J connectivity index is 1.61. The average Bonchev–Trinajstić information content (AvgIpc) is 3.03. The van der Waals surface area contributed by atoms with Gasteiger partial charge in [-0.1, -0.05) is 11.8 Å². The van der Waals surface area contributed by atoms with Crippen LogP contribution in [0, 0.1) is 18.6 Å². The topological polar surface area (TPSA) is 93.8 Å². The van der Waals surface area contributed by atoms with Gasteiger partial charge in [0.2, 0.25) is 5.91 Å². The zero-order valence-electron chi connectivity index (χ0n) is 13.5. The molecule has 3 aromatic rings. The molecule has 3 rings (SSSR count). The van der Waals surface area contributed by atoms with Crippen LogP contribution in [-0.2, 0) is 4.79 Å². The molecule has 1 aromatic carbocycles. The maximum atomic E-state index is 13.3. The van der Waals surface area contributed by atoms with Crippen LogP contribution in [0.25, 0.3) is 11.3 Å². The smallest absolute Gasteiger partial charge is 0.236 e. The zero-order chi connectivity index (χ0) is 18.7. The van der Waals surface area contributed by atoms with Gasteiger partial charge in [-0.2, -0.15) is 0 Å². The first kappa shape index (κ1) is 18.2. The summed E-state index contributed by atoms with van der Waals surface area (Å²) < 4.78 is 26.3. The largest absolute Gasteiger partial charge is 0.384 e. The molecule has 3 N–H and O–H groups in total. The molecule has 2 heterocycles. The van der Waals surface area contributed by atoms with E-state index in [1.54, 1.807) is 18.4 Å². The van der Waals surface area contributed by atoms with Crippen LogP contribution in [0.15, 0.2) is 34.8 Å². The van der Waals surface area contributed by atoms with Gasteiger partial charge >= 0.3 is 0 Å². The van der Waals surface area contributed by atoms with Gasteiger partial charge < -0.3 is 11.1 Å². The number of thioether (sulfide) groups is 1. The summed E-state index contributed by atoms with van der Waals surface area (Å²) in [6.07, 6.45) is 0. The van der Waals surface area contributed by atoms with Gasteiger partial charge in [-0.3, -0.25) is 4.79 Å². The predicted molar refractivity (Wildman–Crippen MR) is 98.0 cm³/mol. The number of nitrogens with zero attached hydrogens (tertiary/aromatic N) is 3. The number of aryl methyl sites for hydroxylation is 1. The average molecular weight is 393 g/mol. The molecular weight excluding hydrogens is 380 g/mol. The van der Waals surface area contributed by atoms with Crippen molar-refractivity contribution in [2.75, 3.05) is 16.8 Å². The summed E-state index contributed by atoms with van der Waals surface area (Å²) in [5.74, 6) is -1.73. The van der Waals surface area contributed by atoms with Crippen LogP contribution in [0.4, 0.5) is 19.7 Å². The second-order valence-corrected chi connectivity index (χ2v) is 7.02. The van der Waals surface area contributed by atoms with Gasteiger partial charge in [0.1, 0.15) is 5.82 Å². The van der Waals surface area contributed by atoms with Crippen molar-refractivity contribution in [3.05, 3.63) is 47.0 Å². The first-order valence-corrected chi connectivity index (χ1v) is 9.22. The fraction of sp³-hybridized carbons (Fsp3) is 0.125. The van der Waals surface area contributed by atoms with Crippen molar-refractivity contribution in [1.82, 2.24) is 15.0 Å². The number of nitrogen functional groups attached to an aromatic ring is 1. The molecule has 0 saturated carbocycles. The third-order valence-electron chi connectivity index (χ3n) is 3.15. The maximum Gasteiger partial charge on any atom is 0.236 e. The highest BCUT2D eigenvalue weighted by molar-refractivity contribution is 7.99. The number of rotatable bonds is 5. The minimum Gasteiger partial charge on any atom is -0.384 e. The lowest BCUT2D eigenvalue weighted by atomic mass is 10.2. The van der Waals surface area contributed by atoms with Crippen LogP contribution < -0.4 is 11.1 Å². The van der Waals surface area contributed by atoms with Crippen LogP contribution >= 0.6 is 23.1 Å². The van der Waals surface area contributed by atoms with Gasteiger partial charge in [-0.05, 0) is 25.1 Å². The highest BCUT2D eigenvalue weighted by Crippen LogP contribution is 2.26. The lowest BCUT2D eigenvalue weighted by Crippen LogP contribution is -2.14. The van der Waals surface area contributed by atoms with Crippen molar-refractivity contribution in [2.45, 2.75) is 12.1 Å². The summed E-state index contributed by atoms with van der Waals surface area (Å²) in [6, 6.07) is 5.16. The molecule has 1 amide bonds. The summed E-state index contributed by atoms with van der Waals surface area (Å²) in [7, 11) is 0. The Morgan fingerprint density at radius 1 is 1.23 bits per heavy atom. The van der Waals surface area contributed by atoms with Crippen LogP contribution in [0.3, 0.4) is 0 Å². The van der Waals surface area contributed by atoms with Crippen molar-refractivity contribution in [3.63, 3.8) is 0 Å². The number of nitrogens with one attached hydrogen (secondary N) is 1. The fourth-order valence-corrected chi connectivity index (χ4v) is 3.48. The van der Waals surface area contributed by atoms with E-state index < -0.39 is 11.6 Å². The van der Waals surface area contributed by atoms with Crippen molar-refractivity contribution >= 4 is 40.0 Å². The number of halogens is 2. The molecule has 0 aliphatic rings. The molecule has 0 radical (unpaired) electrons. The standard InChI is InChI=1S/C16H13F2N5OS2/c1-8-4-13(19)22-15(20-8)26-7-14(24)23-16-21-12(6-25-16)9-2-3-10(17)11(18)5-9/h2-6H,7H2,1H3,(H2,19,20,22)(H,21,23,24). The number of carbonyl (C=O) groups excluding carboxylic acids is 1. The Morgan fingerprint density at radius 2 is 2.04 bits per heavy atom. The molecule has 10 heteroatoms. The van der Waals surface area contributed by atoms with Gasteiger partial charge in [0, 0.05) is 22.7 Å². The molecule has 0 aliphatic heterocycles. The summed E-state index contributed by atoms with van der Waals surface area (Å²) in [4.78, 5) is 24.5. The van der Waals surface area contributed by atoms with E-state index in [4.69, 9.17) is 5.73 Å². The van der Waals surface area contributed by atoms with Gasteiger partial charge in [-0.25, -0.2) is 23.7 Å². The number of aromatic nitrogens is 3.